The molecule has 0 spiro atoms. The van der Waals surface area contributed by atoms with Crippen molar-refractivity contribution in [2.75, 3.05) is 38.3 Å². The molecule has 4 N–H and O–H groups in total. The fourth-order valence-corrected chi connectivity index (χ4v) is 12.5. The lowest BCUT2D eigenvalue weighted by Crippen LogP contribution is -2.71. The average Bonchev–Trinajstić information content (AvgIpc) is 4.16. The number of nitrogens with zero attached hydrogens (tertiary/aromatic N) is 5. The SMILES string of the molecule is C=CCOC(=O)N(C)Cc1ccc([C@H]2CC(CC3CC/C(=C\C4=C(C(=O)O)N5C(=O)[C@@H](NC(=O)/C(=N\OC(c6ccccc6)(c6ccccc6)c6ccccc6)c6csc(N)n6)C5SC4)C(=O)C3)CN2C(=O)OCC=C)cc1. The van der Waals surface area contributed by atoms with Gasteiger partial charge in [-0.3, -0.25) is 19.3 Å². The second-order valence-electron chi connectivity index (χ2n) is 19.5. The summed E-state index contributed by atoms with van der Waals surface area (Å²) in [5, 5.41) is 18.9. The minimum absolute atomic E-state index is 0.0218. The second kappa shape index (κ2) is 24.4. The summed E-state index contributed by atoms with van der Waals surface area (Å²) in [6.07, 6.45) is 6.38. The number of nitrogens with two attached hydrogens (primary N) is 1. The fraction of sp³-hybridized carbons (Fsp3) is 0.288. The number of hydrogen-bond acceptors (Lipinski definition) is 14. The summed E-state index contributed by atoms with van der Waals surface area (Å²) in [6, 6.07) is 34.7. The molecule has 4 aromatic carbocycles. The molecule has 0 bridgehead atoms. The topological polar surface area (TPSA) is 223 Å². The van der Waals surface area contributed by atoms with Gasteiger partial charge in [0.25, 0.3) is 11.8 Å². The number of nitrogen functional groups attached to an aromatic ring is 1. The molecule has 4 aliphatic rings. The average molecular weight is 1090 g/mol. The van der Waals surface area contributed by atoms with Gasteiger partial charge in [-0.25, -0.2) is 19.4 Å². The molecule has 3 unspecified atom stereocenters. The van der Waals surface area contributed by atoms with Crippen molar-refractivity contribution in [1.82, 2.24) is 25.0 Å². The molecule has 1 aromatic heterocycles. The summed E-state index contributed by atoms with van der Waals surface area (Å²) in [4.78, 5) is 96.5. The normalized spacial score (nSPS) is 20.8. The highest BCUT2D eigenvalue weighted by atomic mass is 32.2. The Hall–Kier alpha value is -8.29. The maximum Gasteiger partial charge on any atom is 0.410 e. The van der Waals surface area contributed by atoms with Crippen LogP contribution in [-0.2, 0) is 45.6 Å². The number of carbonyl (C=O) groups excluding carboxylic acids is 5. The van der Waals surface area contributed by atoms with E-state index < -0.39 is 47.0 Å². The number of benzene rings is 4. The number of Topliss-reactive ketones (excluding diaryl/α,β-unsaturated/α-hetero) is 1. The lowest BCUT2D eigenvalue weighted by atomic mass is 9.78. The molecule has 78 heavy (non-hydrogen) atoms. The lowest BCUT2D eigenvalue weighted by molar-refractivity contribution is -0.150. The number of hydrogen-bond donors (Lipinski definition) is 3. The van der Waals surface area contributed by atoms with Crippen molar-refractivity contribution in [2.24, 2.45) is 17.0 Å². The van der Waals surface area contributed by atoms with Crippen LogP contribution in [0.15, 0.2) is 174 Å². The van der Waals surface area contributed by atoms with Crippen molar-refractivity contribution in [2.45, 2.75) is 61.7 Å². The molecule has 4 heterocycles. The van der Waals surface area contributed by atoms with E-state index in [9.17, 15) is 33.9 Å². The molecular weight excluding hydrogens is 1030 g/mol. The number of ketones is 1. The van der Waals surface area contributed by atoms with Crippen LogP contribution in [0.25, 0.3) is 0 Å². The predicted octanol–water partition coefficient (Wildman–Crippen LogP) is 9.00. The van der Waals surface area contributed by atoms with Crippen LogP contribution in [0.4, 0.5) is 14.7 Å². The highest BCUT2D eigenvalue weighted by molar-refractivity contribution is 8.00. The van der Waals surface area contributed by atoms with Crippen LogP contribution in [0.3, 0.4) is 0 Å². The molecule has 2 saturated heterocycles. The summed E-state index contributed by atoms with van der Waals surface area (Å²) < 4.78 is 10.6. The molecule has 3 fully saturated rings. The van der Waals surface area contributed by atoms with E-state index in [4.69, 9.17) is 20.0 Å². The molecule has 1 aliphatic carbocycles. The number of carboxylic acid groups (broad SMARTS) is 1. The van der Waals surface area contributed by atoms with Crippen LogP contribution in [0, 0.1) is 11.8 Å². The second-order valence-corrected chi connectivity index (χ2v) is 21.5. The number of aromatic nitrogens is 1. The quantitative estimate of drug-likeness (QED) is 0.0176. The van der Waals surface area contributed by atoms with Gasteiger partial charge in [-0.05, 0) is 65.9 Å². The molecule has 3 aliphatic heterocycles. The molecule has 5 atom stereocenters. The molecule has 0 radical (unpaired) electrons. The largest absolute Gasteiger partial charge is 0.477 e. The van der Waals surface area contributed by atoms with Crippen LogP contribution < -0.4 is 11.1 Å². The number of carbonyl (C=O) groups is 6. The van der Waals surface area contributed by atoms with Gasteiger partial charge in [0.1, 0.15) is 36.0 Å². The Labute approximate surface area is 460 Å². The van der Waals surface area contributed by atoms with Crippen LogP contribution in [0.2, 0.25) is 0 Å². The van der Waals surface area contributed by atoms with E-state index in [-0.39, 0.29) is 71.3 Å². The Morgan fingerprint density at radius 3 is 2.10 bits per heavy atom. The first-order valence-electron chi connectivity index (χ1n) is 25.5. The molecule has 19 heteroatoms. The number of likely N-dealkylation sites (tertiary alicyclic amines) is 1. The van der Waals surface area contributed by atoms with Crippen molar-refractivity contribution in [1.29, 1.82) is 0 Å². The van der Waals surface area contributed by atoms with Gasteiger partial charge in [0.15, 0.2) is 16.6 Å². The van der Waals surface area contributed by atoms with Crippen molar-refractivity contribution < 1.29 is 48.2 Å². The van der Waals surface area contributed by atoms with Gasteiger partial charge >= 0.3 is 18.2 Å². The van der Waals surface area contributed by atoms with Crippen molar-refractivity contribution in [3.05, 3.63) is 202 Å². The maximum absolute atomic E-state index is 14.5. The fourth-order valence-electron chi connectivity index (χ4n) is 10.6. The number of thioether (sulfide) groups is 1. The van der Waals surface area contributed by atoms with E-state index >= 15 is 0 Å². The zero-order valence-corrected chi connectivity index (χ0v) is 44.5. The molecule has 9 rings (SSSR count). The van der Waals surface area contributed by atoms with Crippen molar-refractivity contribution >= 4 is 69.7 Å². The van der Waals surface area contributed by atoms with E-state index in [0.717, 1.165) is 39.2 Å². The number of nitrogens with one attached hydrogen (secondary N) is 1. The standard InChI is InChI=1S/C59H59N7O10S2/c1-4-27-74-57(72)64(3)33-37-21-24-40(25-22-37)47-30-39(34-65(47)58(73)75-28-5-2)29-38-23-26-41(48(67)31-38)32-42-35-77-54-50(53(69)66(54)51(42)55(70)71)62-52(68)49(46-36-78-56(60)61-46)63-76-59(43-15-9-6-10-16-43,44-17-11-7-12-18-44)45-19-13-8-14-20-45/h4-22,24-25,32,36,38-39,47,50,54H,1-2,23,26-31,33-35H2,3H3,(H2,60,61)(H,62,68)(H,70,71)/b41-32+,63-49-/t38?,39?,47-,50-,54?/m1/s1. The highest BCUT2D eigenvalue weighted by Crippen LogP contribution is 2.45. The van der Waals surface area contributed by atoms with Crippen LogP contribution in [0.5, 0.6) is 0 Å². The number of fused-ring (bicyclic) bond motifs is 1. The summed E-state index contributed by atoms with van der Waals surface area (Å²) >= 11 is 2.38. The summed E-state index contributed by atoms with van der Waals surface area (Å²) in [5.41, 5.74) is 9.13. The third kappa shape index (κ3) is 11.7. The zero-order valence-electron chi connectivity index (χ0n) is 42.9. The highest BCUT2D eigenvalue weighted by Gasteiger charge is 2.54. The molecule has 5 aromatic rings. The minimum Gasteiger partial charge on any atom is -0.477 e. The number of aliphatic carboxylic acids is 1. The van der Waals surface area contributed by atoms with Gasteiger partial charge in [-0.1, -0.05) is 146 Å². The summed E-state index contributed by atoms with van der Waals surface area (Å²) in [7, 11) is 1.65. The maximum atomic E-state index is 14.5. The minimum atomic E-state index is -1.35. The lowest BCUT2D eigenvalue weighted by Gasteiger charge is -2.49. The Bertz CT molecular complexity index is 3070. The monoisotopic (exact) mass is 1090 g/mol. The predicted molar refractivity (Wildman–Crippen MR) is 297 cm³/mol. The van der Waals surface area contributed by atoms with Gasteiger partial charge in [0, 0.05) is 54.4 Å². The summed E-state index contributed by atoms with van der Waals surface area (Å²) in [5.74, 6) is -2.62. The van der Waals surface area contributed by atoms with Gasteiger partial charge < -0.3 is 40.3 Å². The number of β-lactam (4-membered cyclic amide) rings is 1. The van der Waals surface area contributed by atoms with Crippen molar-refractivity contribution in [3.63, 3.8) is 0 Å². The molecule has 1 saturated carbocycles. The molecular formula is C59H59N7O10S2. The number of ether oxygens (including phenoxy) is 2. The Morgan fingerprint density at radius 1 is 0.897 bits per heavy atom. The third-order valence-corrected chi connectivity index (χ3v) is 16.3. The van der Waals surface area contributed by atoms with Gasteiger partial charge in [-0.2, -0.15) is 0 Å². The molecule has 17 nitrogen and oxygen atoms in total. The van der Waals surface area contributed by atoms with E-state index in [1.807, 2.05) is 115 Å². The number of rotatable bonds is 19. The third-order valence-electron chi connectivity index (χ3n) is 14.3. The Kier molecular flexibility index (Phi) is 17.0. The number of oxime groups is 1. The Morgan fingerprint density at radius 2 is 1.53 bits per heavy atom. The molecule has 4 amide bonds. The van der Waals surface area contributed by atoms with Gasteiger partial charge in [0.05, 0.1) is 6.04 Å². The van der Waals surface area contributed by atoms with Gasteiger partial charge in [-0.15, -0.1) is 23.1 Å². The first-order valence-corrected chi connectivity index (χ1v) is 27.4. The number of thiazole rings is 1. The zero-order chi connectivity index (χ0) is 54.9. The Balaban J connectivity index is 0.880. The van der Waals surface area contributed by atoms with E-state index in [1.165, 1.54) is 33.7 Å². The van der Waals surface area contributed by atoms with Crippen molar-refractivity contribution in [3.8, 4) is 0 Å². The van der Waals surface area contributed by atoms with Crippen LogP contribution >= 0.6 is 23.1 Å². The number of anilines is 1. The first-order chi connectivity index (χ1) is 37.8. The number of allylic oxidation sites excluding steroid dienone is 2. The number of amides is 4. The van der Waals surface area contributed by atoms with Crippen LogP contribution in [0.1, 0.15) is 71.7 Å². The van der Waals surface area contributed by atoms with Crippen LogP contribution in [-0.4, -0.2) is 110 Å². The van der Waals surface area contributed by atoms with Gasteiger partial charge in [0.2, 0.25) is 5.60 Å². The smallest absolute Gasteiger partial charge is 0.410 e. The molecule has 402 valence electrons. The first kappa shape index (κ1) is 54.5. The van der Waals surface area contributed by atoms with E-state index in [1.54, 1.807) is 23.4 Å². The summed E-state index contributed by atoms with van der Waals surface area (Å²) in [6.45, 7) is 8.19. The number of carboxylic acids is 1. The van der Waals surface area contributed by atoms with E-state index in [0.29, 0.717) is 49.9 Å². The van der Waals surface area contributed by atoms with E-state index in [2.05, 4.69) is 28.6 Å².